The molecule has 0 aliphatic rings. The van der Waals surface area contributed by atoms with E-state index in [2.05, 4.69) is 30.7 Å². The molecule has 0 atom stereocenters. The lowest BCUT2D eigenvalue weighted by Gasteiger charge is -2.06. The normalized spacial score (nSPS) is 10.3. The molecule has 116 valence electrons. The summed E-state index contributed by atoms with van der Waals surface area (Å²) in [5.41, 5.74) is 1.22. The fraction of sp³-hybridized carbons (Fsp3) is 0.133. The molecule has 3 aromatic rings. The van der Waals surface area contributed by atoms with Gasteiger partial charge in [0.05, 0.1) is 0 Å². The Bertz CT molecular complexity index is 802. The molecule has 0 saturated carbocycles. The second kappa shape index (κ2) is 6.65. The Labute approximate surface area is 132 Å². The van der Waals surface area contributed by atoms with Gasteiger partial charge in [-0.15, -0.1) is 0 Å². The molecule has 0 bridgehead atoms. The van der Waals surface area contributed by atoms with E-state index in [0.717, 1.165) is 5.56 Å². The zero-order valence-corrected chi connectivity index (χ0v) is 12.4. The van der Waals surface area contributed by atoms with Crippen molar-refractivity contribution in [2.75, 3.05) is 5.32 Å². The van der Waals surface area contributed by atoms with Crippen LogP contribution in [0.25, 0.3) is 0 Å². The van der Waals surface area contributed by atoms with Crippen LogP contribution in [0.5, 0.6) is 0 Å². The minimum Gasteiger partial charge on any atom is -0.360 e. The maximum atomic E-state index is 12.1. The second-order valence-corrected chi connectivity index (χ2v) is 4.77. The Hall–Kier alpha value is -3.29. The first-order valence-electron chi connectivity index (χ1n) is 6.90. The molecule has 0 aliphatic heterocycles. The van der Waals surface area contributed by atoms with Gasteiger partial charge in [-0.25, -0.2) is 9.97 Å². The highest BCUT2D eigenvalue weighted by atomic mass is 16.5. The van der Waals surface area contributed by atoms with Gasteiger partial charge in [-0.3, -0.25) is 9.78 Å². The summed E-state index contributed by atoms with van der Waals surface area (Å²) in [7, 11) is 0. The van der Waals surface area contributed by atoms with E-state index >= 15 is 0 Å². The van der Waals surface area contributed by atoms with Gasteiger partial charge in [0.25, 0.3) is 5.91 Å². The Morgan fingerprint density at radius 3 is 2.74 bits per heavy atom. The monoisotopic (exact) mass is 310 g/mol. The molecule has 0 saturated heterocycles. The van der Waals surface area contributed by atoms with E-state index < -0.39 is 0 Å². The average molecular weight is 310 g/mol. The molecule has 2 N–H and O–H groups in total. The lowest BCUT2D eigenvalue weighted by molar-refractivity contribution is 0.0946. The highest BCUT2D eigenvalue weighted by Crippen LogP contribution is 2.14. The third-order valence-electron chi connectivity index (χ3n) is 2.99. The van der Waals surface area contributed by atoms with Crippen LogP contribution in [0.4, 0.5) is 11.6 Å². The SMILES string of the molecule is Cc1cc(Nc2cc(C(=O)NCc3ccncc3)ncn2)no1. The second-order valence-electron chi connectivity index (χ2n) is 4.77. The van der Waals surface area contributed by atoms with Crippen molar-refractivity contribution in [3.05, 3.63) is 60.0 Å². The van der Waals surface area contributed by atoms with Crippen LogP contribution in [-0.4, -0.2) is 26.0 Å². The van der Waals surface area contributed by atoms with Crippen molar-refractivity contribution >= 4 is 17.5 Å². The van der Waals surface area contributed by atoms with Gasteiger partial charge in [0.15, 0.2) is 5.82 Å². The van der Waals surface area contributed by atoms with E-state index in [4.69, 9.17) is 4.52 Å². The van der Waals surface area contributed by atoms with Crippen LogP contribution < -0.4 is 10.6 Å². The summed E-state index contributed by atoms with van der Waals surface area (Å²) in [6, 6.07) is 6.94. The zero-order chi connectivity index (χ0) is 16.1. The van der Waals surface area contributed by atoms with Crippen molar-refractivity contribution in [3.63, 3.8) is 0 Å². The molecule has 0 aliphatic carbocycles. The molecule has 3 aromatic heterocycles. The number of anilines is 2. The number of aromatic nitrogens is 4. The number of hydrogen-bond donors (Lipinski definition) is 2. The molecule has 1 amide bonds. The minimum absolute atomic E-state index is 0.261. The van der Waals surface area contributed by atoms with Gasteiger partial charge in [0.2, 0.25) is 0 Å². The van der Waals surface area contributed by atoms with E-state index in [1.165, 1.54) is 6.33 Å². The van der Waals surface area contributed by atoms with Gasteiger partial charge in [0, 0.05) is 31.1 Å². The van der Waals surface area contributed by atoms with Crippen molar-refractivity contribution in [2.24, 2.45) is 0 Å². The molecule has 8 nitrogen and oxygen atoms in total. The van der Waals surface area contributed by atoms with Crippen LogP contribution in [0.3, 0.4) is 0 Å². The van der Waals surface area contributed by atoms with Crippen LogP contribution in [0.2, 0.25) is 0 Å². The molecular weight excluding hydrogens is 296 g/mol. The topological polar surface area (TPSA) is 106 Å². The first kappa shape index (κ1) is 14.6. The maximum Gasteiger partial charge on any atom is 0.270 e. The Morgan fingerprint density at radius 2 is 2.00 bits per heavy atom. The summed E-state index contributed by atoms with van der Waals surface area (Å²) < 4.78 is 4.96. The molecule has 3 rings (SSSR count). The quantitative estimate of drug-likeness (QED) is 0.740. The number of amides is 1. The molecule has 0 spiro atoms. The molecule has 3 heterocycles. The molecular formula is C15H14N6O2. The van der Waals surface area contributed by atoms with Crippen molar-refractivity contribution < 1.29 is 9.32 Å². The number of carbonyl (C=O) groups excluding carboxylic acids is 1. The molecule has 0 aromatic carbocycles. The first-order valence-corrected chi connectivity index (χ1v) is 6.90. The Morgan fingerprint density at radius 1 is 1.17 bits per heavy atom. The number of nitrogens with zero attached hydrogens (tertiary/aromatic N) is 4. The number of hydrogen-bond acceptors (Lipinski definition) is 7. The lowest BCUT2D eigenvalue weighted by atomic mass is 10.2. The van der Waals surface area contributed by atoms with E-state index in [9.17, 15) is 4.79 Å². The van der Waals surface area contributed by atoms with Crippen LogP contribution in [0, 0.1) is 6.92 Å². The summed E-state index contributed by atoms with van der Waals surface area (Å²) in [6.07, 6.45) is 4.67. The summed E-state index contributed by atoms with van der Waals surface area (Å²) in [5.74, 6) is 1.37. The highest BCUT2D eigenvalue weighted by Gasteiger charge is 2.09. The van der Waals surface area contributed by atoms with Gasteiger partial charge in [0.1, 0.15) is 23.6 Å². The van der Waals surface area contributed by atoms with Gasteiger partial charge < -0.3 is 15.2 Å². The number of nitrogens with one attached hydrogen (secondary N) is 2. The molecule has 8 heteroatoms. The summed E-state index contributed by atoms with van der Waals surface area (Å²) in [6.45, 7) is 2.19. The minimum atomic E-state index is -0.288. The predicted molar refractivity (Wildman–Crippen MR) is 82.0 cm³/mol. The predicted octanol–water partition coefficient (Wildman–Crippen LogP) is 1.84. The molecule has 0 radical (unpaired) electrons. The average Bonchev–Trinajstić information content (AvgIpc) is 2.99. The number of aryl methyl sites for hydroxylation is 1. The zero-order valence-electron chi connectivity index (χ0n) is 12.4. The highest BCUT2D eigenvalue weighted by molar-refractivity contribution is 5.92. The van der Waals surface area contributed by atoms with E-state index in [0.29, 0.717) is 23.9 Å². The Kier molecular flexibility index (Phi) is 4.23. The van der Waals surface area contributed by atoms with Gasteiger partial charge in [-0.2, -0.15) is 0 Å². The van der Waals surface area contributed by atoms with Crippen LogP contribution >= 0.6 is 0 Å². The third-order valence-corrected chi connectivity index (χ3v) is 2.99. The van der Waals surface area contributed by atoms with E-state index in [1.807, 2.05) is 12.1 Å². The smallest absolute Gasteiger partial charge is 0.270 e. The van der Waals surface area contributed by atoms with E-state index in [1.54, 1.807) is 31.5 Å². The van der Waals surface area contributed by atoms with Gasteiger partial charge >= 0.3 is 0 Å². The first-order chi connectivity index (χ1) is 11.2. The van der Waals surface area contributed by atoms with Crippen LogP contribution in [0.1, 0.15) is 21.8 Å². The lowest BCUT2D eigenvalue weighted by Crippen LogP contribution is -2.24. The van der Waals surface area contributed by atoms with Crippen molar-refractivity contribution in [1.29, 1.82) is 0 Å². The maximum absolute atomic E-state index is 12.1. The molecule has 0 unspecified atom stereocenters. The van der Waals surface area contributed by atoms with Gasteiger partial charge in [-0.1, -0.05) is 5.16 Å². The number of carbonyl (C=O) groups is 1. The largest absolute Gasteiger partial charge is 0.360 e. The van der Waals surface area contributed by atoms with E-state index in [-0.39, 0.29) is 11.6 Å². The van der Waals surface area contributed by atoms with Crippen molar-refractivity contribution in [3.8, 4) is 0 Å². The summed E-state index contributed by atoms with van der Waals surface area (Å²) in [5, 5.41) is 9.55. The van der Waals surface area contributed by atoms with Crippen molar-refractivity contribution in [2.45, 2.75) is 13.5 Å². The molecule has 0 fully saturated rings. The fourth-order valence-corrected chi connectivity index (χ4v) is 1.88. The fourth-order valence-electron chi connectivity index (χ4n) is 1.88. The van der Waals surface area contributed by atoms with Crippen molar-refractivity contribution in [1.82, 2.24) is 25.4 Å². The van der Waals surface area contributed by atoms with Crippen LogP contribution in [0.15, 0.2) is 47.5 Å². The molecule has 23 heavy (non-hydrogen) atoms. The number of rotatable bonds is 5. The summed E-state index contributed by atoms with van der Waals surface area (Å²) >= 11 is 0. The number of pyridine rings is 1. The third kappa shape index (κ3) is 3.88. The summed E-state index contributed by atoms with van der Waals surface area (Å²) in [4.78, 5) is 24.1. The standard InChI is InChI=1S/C15H14N6O2/c1-10-6-14(21-23-10)20-13-7-12(18-9-19-13)15(22)17-8-11-2-4-16-5-3-11/h2-7,9H,8H2,1H3,(H,17,22)(H,18,19,20,21). The van der Waals surface area contributed by atoms with Crippen LogP contribution in [-0.2, 0) is 6.54 Å². The van der Waals surface area contributed by atoms with Gasteiger partial charge in [-0.05, 0) is 24.6 Å². The Balaban J connectivity index is 1.65.